The Labute approximate surface area is 186 Å². The number of rotatable bonds is 3. The van der Waals surface area contributed by atoms with Crippen LogP contribution in [0, 0.1) is 0 Å². The van der Waals surface area contributed by atoms with Crippen LogP contribution >= 0.6 is 11.6 Å². The van der Waals surface area contributed by atoms with E-state index in [-0.39, 0.29) is 5.91 Å². The summed E-state index contributed by atoms with van der Waals surface area (Å²) >= 11 is 6.65. The first-order valence-electron chi connectivity index (χ1n) is 10.5. The lowest BCUT2D eigenvalue weighted by atomic mass is 9.86. The fraction of sp³-hybridized carbons (Fsp3) is 0.348. The summed E-state index contributed by atoms with van der Waals surface area (Å²) in [6, 6.07) is 8.39. The number of pyridine rings is 1. The van der Waals surface area contributed by atoms with E-state index in [0.29, 0.717) is 11.7 Å². The molecule has 0 bridgehead atoms. The van der Waals surface area contributed by atoms with E-state index in [4.69, 9.17) is 11.6 Å². The molecule has 2 aliphatic heterocycles. The number of nitrogens with zero attached hydrogens (tertiary/aromatic N) is 5. The van der Waals surface area contributed by atoms with Gasteiger partial charge in [-0.15, -0.1) is 0 Å². The van der Waals surface area contributed by atoms with Crippen LogP contribution in [0.5, 0.6) is 0 Å². The summed E-state index contributed by atoms with van der Waals surface area (Å²) in [6.07, 6.45) is 8.98. The van der Waals surface area contributed by atoms with Crippen molar-refractivity contribution in [3.8, 4) is 22.3 Å². The third-order valence-electron chi connectivity index (χ3n) is 6.64. The highest BCUT2D eigenvalue weighted by Gasteiger charge is 2.48. The van der Waals surface area contributed by atoms with Gasteiger partial charge in [-0.3, -0.25) is 19.4 Å². The minimum absolute atomic E-state index is 0.140. The molecule has 160 valence electrons. The van der Waals surface area contributed by atoms with Gasteiger partial charge in [-0.2, -0.15) is 5.10 Å². The van der Waals surface area contributed by atoms with Crippen molar-refractivity contribution >= 4 is 23.2 Å². The Morgan fingerprint density at radius 1 is 1.00 bits per heavy atom. The van der Waals surface area contributed by atoms with Gasteiger partial charge < -0.3 is 10.2 Å². The van der Waals surface area contributed by atoms with Crippen LogP contribution in [0.1, 0.15) is 12.8 Å². The molecule has 7 nitrogen and oxygen atoms in total. The SMILES string of the molecule is CN1CNC(=O)C12CCN(c1c(Cl)cncc1-c1ccc(-c3cnn(C)c3)cc1)CC2. The monoisotopic (exact) mass is 436 g/mol. The van der Waals surface area contributed by atoms with E-state index in [2.05, 4.69) is 49.5 Å². The zero-order valence-electron chi connectivity index (χ0n) is 17.7. The number of piperidine rings is 1. The maximum Gasteiger partial charge on any atom is 0.241 e. The highest BCUT2D eigenvalue weighted by Crippen LogP contribution is 2.40. The van der Waals surface area contributed by atoms with Crippen molar-refractivity contribution in [2.45, 2.75) is 18.4 Å². The van der Waals surface area contributed by atoms with Crippen LogP contribution in [-0.4, -0.2) is 57.9 Å². The maximum absolute atomic E-state index is 12.5. The van der Waals surface area contributed by atoms with Crippen LogP contribution in [0.25, 0.3) is 22.3 Å². The number of nitrogens with one attached hydrogen (secondary N) is 1. The van der Waals surface area contributed by atoms with Gasteiger partial charge in [0.05, 0.1) is 23.6 Å². The molecule has 0 unspecified atom stereocenters. The summed E-state index contributed by atoms with van der Waals surface area (Å²) in [6.45, 7) is 2.15. The lowest BCUT2D eigenvalue weighted by Crippen LogP contribution is -2.55. The number of benzene rings is 1. The van der Waals surface area contributed by atoms with Crippen LogP contribution in [-0.2, 0) is 11.8 Å². The molecule has 1 N–H and O–H groups in total. The van der Waals surface area contributed by atoms with E-state index >= 15 is 0 Å². The van der Waals surface area contributed by atoms with Crippen molar-refractivity contribution in [3.05, 3.63) is 54.1 Å². The van der Waals surface area contributed by atoms with E-state index < -0.39 is 5.54 Å². The molecule has 8 heteroatoms. The van der Waals surface area contributed by atoms with Gasteiger partial charge in [0.2, 0.25) is 5.91 Å². The Kier molecular flexibility index (Phi) is 4.95. The van der Waals surface area contributed by atoms with Gasteiger partial charge in [0.15, 0.2) is 0 Å². The summed E-state index contributed by atoms with van der Waals surface area (Å²) in [5, 5.41) is 7.87. The maximum atomic E-state index is 12.5. The smallest absolute Gasteiger partial charge is 0.241 e. The third kappa shape index (κ3) is 3.38. The first-order chi connectivity index (χ1) is 15.0. The molecule has 0 radical (unpaired) electrons. The van der Waals surface area contributed by atoms with E-state index in [0.717, 1.165) is 53.9 Å². The fourth-order valence-electron chi connectivity index (χ4n) is 4.76. The number of halogens is 1. The standard InChI is InChI=1S/C23H25ClN6O/c1-28-15-26-22(31)23(28)7-9-30(10-8-23)21-19(12-25-13-20(21)24)17-5-3-16(4-6-17)18-11-27-29(2)14-18/h3-6,11-14H,7-10,15H2,1-2H3,(H,26,31). The largest absolute Gasteiger partial charge is 0.370 e. The molecular formula is C23H25ClN6O. The number of anilines is 1. The molecule has 31 heavy (non-hydrogen) atoms. The normalized spacial score (nSPS) is 18.5. The molecule has 2 fully saturated rings. The molecule has 4 heterocycles. The van der Waals surface area contributed by atoms with Crippen molar-refractivity contribution in [2.75, 3.05) is 31.7 Å². The van der Waals surface area contributed by atoms with Crippen LogP contribution in [0.15, 0.2) is 49.1 Å². The van der Waals surface area contributed by atoms with Gasteiger partial charge in [0, 0.05) is 49.9 Å². The van der Waals surface area contributed by atoms with Crippen LogP contribution < -0.4 is 10.2 Å². The van der Waals surface area contributed by atoms with Crippen LogP contribution in [0.4, 0.5) is 5.69 Å². The van der Waals surface area contributed by atoms with Gasteiger partial charge in [0.25, 0.3) is 0 Å². The average molecular weight is 437 g/mol. The molecule has 2 aliphatic rings. The Hall–Kier alpha value is -2.90. The van der Waals surface area contributed by atoms with E-state index in [1.807, 2.05) is 32.7 Å². The van der Waals surface area contributed by atoms with Crippen molar-refractivity contribution in [1.29, 1.82) is 0 Å². The second-order valence-electron chi connectivity index (χ2n) is 8.38. The van der Waals surface area contributed by atoms with E-state index in [9.17, 15) is 4.79 Å². The number of aromatic nitrogens is 3. The number of carbonyl (C=O) groups excluding carboxylic acids is 1. The number of carbonyl (C=O) groups is 1. The summed E-state index contributed by atoms with van der Waals surface area (Å²) in [5.41, 5.74) is 4.85. The Balaban J connectivity index is 1.43. The molecule has 0 aliphatic carbocycles. The van der Waals surface area contributed by atoms with Gasteiger partial charge in [-0.05, 0) is 31.0 Å². The van der Waals surface area contributed by atoms with E-state index in [1.54, 1.807) is 10.9 Å². The van der Waals surface area contributed by atoms with Crippen molar-refractivity contribution < 1.29 is 4.79 Å². The third-order valence-corrected chi connectivity index (χ3v) is 6.92. The number of hydrogen-bond acceptors (Lipinski definition) is 5. The molecule has 1 spiro atoms. The summed E-state index contributed by atoms with van der Waals surface area (Å²) < 4.78 is 1.80. The number of likely N-dealkylation sites (N-methyl/N-ethyl adjacent to an activating group) is 1. The first kappa shape index (κ1) is 20.0. The highest BCUT2D eigenvalue weighted by atomic mass is 35.5. The van der Waals surface area contributed by atoms with Gasteiger partial charge >= 0.3 is 0 Å². The Bertz CT molecular complexity index is 1120. The quantitative estimate of drug-likeness (QED) is 0.683. The zero-order chi connectivity index (χ0) is 21.6. The molecule has 1 aromatic carbocycles. The Morgan fingerprint density at radius 3 is 2.32 bits per heavy atom. The molecule has 5 rings (SSSR count). The Morgan fingerprint density at radius 2 is 1.71 bits per heavy atom. The van der Waals surface area contributed by atoms with Crippen molar-refractivity contribution in [2.24, 2.45) is 7.05 Å². The first-order valence-corrected chi connectivity index (χ1v) is 10.8. The lowest BCUT2D eigenvalue weighted by molar-refractivity contribution is -0.127. The lowest BCUT2D eigenvalue weighted by Gasteiger charge is -2.42. The van der Waals surface area contributed by atoms with Gasteiger partial charge in [-0.25, -0.2) is 0 Å². The average Bonchev–Trinajstić information content (AvgIpc) is 3.34. The summed E-state index contributed by atoms with van der Waals surface area (Å²) in [4.78, 5) is 21.3. The van der Waals surface area contributed by atoms with Gasteiger partial charge in [0.1, 0.15) is 5.54 Å². The number of hydrogen-bond donors (Lipinski definition) is 1. The predicted molar refractivity (Wildman–Crippen MR) is 122 cm³/mol. The molecule has 0 saturated carbocycles. The minimum atomic E-state index is -0.401. The number of amides is 1. The minimum Gasteiger partial charge on any atom is -0.370 e. The summed E-state index contributed by atoms with van der Waals surface area (Å²) in [7, 11) is 3.93. The molecular weight excluding hydrogens is 412 g/mol. The second kappa shape index (κ2) is 7.66. The van der Waals surface area contributed by atoms with Crippen molar-refractivity contribution in [3.63, 3.8) is 0 Å². The number of aryl methyl sites for hydroxylation is 1. The predicted octanol–water partition coefficient (Wildman–Crippen LogP) is 3.16. The second-order valence-corrected chi connectivity index (χ2v) is 8.79. The molecule has 3 aromatic rings. The van der Waals surface area contributed by atoms with Crippen LogP contribution in [0.2, 0.25) is 5.02 Å². The molecule has 2 saturated heterocycles. The van der Waals surface area contributed by atoms with E-state index in [1.165, 1.54) is 0 Å². The van der Waals surface area contributed by atoms with Gasteiger partial charge in [-0.1, -0.05) is 35.9 Å². The highest BCUT2D eigenvalue weighted by molar-refractivity contribution is 6.33. The topological polar surface area (TPSA) is 66.3 Å². The fourth-order valence-corrected chi connectivity index (χ4v) is 5.04. The zero-order valence-corrected chi connectivity index (χ0v) is 18.4. The summed E-state index contributed by atoms with van der Waals surface area (Å²) in [5.74, 6) is 0.140. The molecule has 0 atom stereocenters. The van der Waals surface area contributed by atoms with Crippen LogP contribution in [0.3, 0.4) is 0 Å². The molecule has 2 aromatic heterocycles. The molecule has 1 amide bonds. The van der Waals surface area contributed by atoms with Crippen molar-refractivity contribution in [1.82, 2.24) is 25.0 Å².